The third kappa shape index (κ3) is 8.58. The number of carbonyl (C=O) groups excluding carboxylic acids is 2. The SMILES string of the molecule is COCOc1cc2c3c(cccc3c1)C(C)c1c-2ncc2c(N3CC4CCCC3CN4C(=O)OC(C)(C)C)nc(OC[C@@H]3CN(C(=O)OCC[Si](C)(C)C)CCN3C)nc12. The van der Waals surface area contributed by atoms with Crippen molar-refractivity contribution in [2.75, 3.05) is 71.8 Å². The van der Waals surface area contributed by atoms with Crippen LogP contribution >= 0.6 is 0 Å². The van der Waals surface area contributed by atoms with Crippen molar-refractivity contribution in [1.82, 2.24) is 29.7 Å². The van der Waals surface area contributed by atoms with Crippen LogP contribution < -0.4 is 14.4 Å². The summed E-state index contributed by atoms with van der Waals surface area (Å²) < 4.78 is 29.5. The highest BCUT2D eigenvalue weighted by atomic mass is 28.3. The van der Waals surface area contributed by atoms with Gasteiger partial charge in [-0.1, -0.05) is 44.8 Å². The summed E-state index contributed by atoms with van der Waals surface area (Å²) in [6.45, 7) is 18.5. The van der Waals surface area contributed by atoms with E-state index >= 15 is 0 Å². The molecule has 9 rings (SSSR count). The summed E-state index contributed by atoms with van der Waals surface area (Å²) in [7, 11) is 2.34. The fourth-order valence-electron chi connectivity index (χ4n) is 9.16. The number of anilines is 1. The van der Waals surface area contributed by atoms with Gasteiger partial charge in [0.1, 0.15) is 23.8 Å². The third-order valence-corrected chi connectivity index (χ3v) is 14.1. The van der Waals surface area contributed by atoms with Gasteiger partial charge < -0.3 is 38.4 Å². The maximum absolute atomic E-state index is 13.5. The molecule has 322 valence electrons. The number of methoxy groups -OCH3 is 1. The third-order valence-electron chi connectivity index (χ3n) is 12.4. The van der Waals surface area contributed by atoms with E-state index in [4.69, 9.17) is 38.6 Å². The highest BCUT2D eigenvalue weighted by Gasteiger charge is 2.42. The van der Waals surface area contributed by atoms with Crippen molar-refractivity contribution in [3.05, 3.63) is 47.7 Å². The Balaban J connectivity index is 1.17. The number of piperazine rings is 2. The standard InChI is InChI=1S/C45H61N7O7Si/c1-28-34-15-10-12-29-20-33(58-27-55-6)21-35(38(29)34)39-37(28)40-36(22-46-39)41(51-24-31-14-11-13-30(51)25-52(31)44(54)59-45(2,3)4)48-42(47-40)57-26-32-23-50(17-16-49(32)5)43(53)56-18-19-60(7,8)9/h10,12,15,20-22,28,30-32H,11,13-14,16-19,23-27H2,1-9H3/t28?,30?,31?,32-/m0/s1. The molecule has 4 aromatic rings. The van der Waals surface area contributed by atoms with Crippen LogP contribution in [-0.2, 0) is 14.2 Å². The molecule has 60 heavy (non-hydrogen) atoms. The second-order valence-electron chi connectivity index (χ2n) is 19.1. The first-order valence-corrected chi connectivity index (χ1v) is 25.2. The number of fused-ring (bicyclic) bond motifs is 8. The molecule has 4 saturated heterocycles. The minimum absolute atomic E-state index is 0.00985. The Morgan fingerprint density at radius 3 is 2.53 bits per heavy atom. The number of aromatic nitrogens is 3. The van der Waals surface area contributed by atoms with Gasteiger partial charge in [0, 0.05) is 77.2 Å². The van der Waals surface area contributed by atoms with Crippen molar-refractivity contribution in [1.29, 1.82) is 0 Å². The number of amides is 2. The van der Waals surface area contributed by atoms with Crippen molar-refractivity contribution >= 4 is 47.8 Å². The number of hydrogen-bond acceptors (Lipinski definition) is 12. The summed E-state index contributed by atoms with van der Waals surface area (Å²) in [5, 5.41) is 3.06. The Morgan fingerprint density at radius 1 is 0.967 bits per heavy atom. The highest BCUT2D eigenvalue weighted by molar-refractivity contribution is 6.76. The molecule has 2 aromatic carbocycles. The van der Waals surface area contributed by atoms with Gasteiger partial charge in [-0.05, 0) is 81.6 Å². The molecule has 4 atom stereocenters. The first-order chi connectivity index (χ1) is 28.6. The van der Waals surface area contributed by atoms with E-state index in [-0.39, 0.29) is 55.6 Å². The van der Waals surface area contributed by atoms with Crippen LogP contribution in [0.5, 0.6) is 11.8 Å². The van der Waals surface area contributed by atoms with Crippen LogP contribution in [0.1, 0.15) is 64.0 Å². The van der Waals surface area contributed by atoms with Crippen LogP contribution in [0.2, 0.25) is 25.7 Å². The summed E-state index contributed by atoms with van der Waals surface area (Å²) in [5.74, 6) is 1.41. The van der Waals surface area contributed by atoms with E-state index in [2.05, 4.69) is 67.7 Å². The predicted molar refractivity (Wildman–Crippen MR) is 235 cm³/mol. The number of nitrogens with zero attached hydrogens (tertiary/aromatic N) is 7. The lowest BCUT2D eigenvalue weighted by atomic mass is 9.79. The largest absolute Gasteiger partial charge is 0.468 e. The predicted octanol–water partition coefficient (Wildman–Crippen LogP) is 7.74. The minimum atomic E-state index is -1.34. The molecule has 0 spiro atoms. The molecule has 1 aliphatic carbocycles. The molecule has 2 aromatic heterocycles. The number of pyridine rings is 1. The van der Waals surface area contributed by atoms with Crippen LogP contribution in [0.4, 0.5) is 15.4 Å². The fraction of sp³-hybridized carbons (Fsp3) is 0.578. The van der Waals surface area contributed by atoms with Crippen molar-refractivity contribution < 1.29 is 33.3 Å². The van der Waals surface area contributed by atoms with Gasteiger partial charge in [-0.25, -0.2) is 9.59 Å². The van der Waals surface area contributed by atoms with Gasteiger partial charge in [-0.2, -0.15) is 9.97 Å². The first-order valence-electron chi connectivity index (χ1n) is 21.5. The molecule has 6 heterocycles. The van der Waals surface area contributed by atoms with Gasteiger partial charge in [0.25, 0.3) is 0 Å². The van der Waals surface area contributed by atoms with Gasteiger partial charge >= 0.3 is 18.2 Å². The van der Waals surface area contributed by atoms with Gasteiger partial charge in [-0.15, -0.1) is 0 Å². The number of carbonyl (C=O) groups is 2. The van der Waals surface area contributed by atoms with Crippen LogP contribution in [0, 0.1) is 0 Å². The average Bonchev–Trinajstić information content (AvgIpc) is 3.54. The van der Waals surface area contributed by atoms with Gasteiger partial charge in [0.15, 0.2) is 6.79 Å². The quantitative estimate of drug-likeness (QED) is 0.114. The molecule has 14 nitrogen and oxygen atoms in total. The topological polar surface area (TPSA) is 132 Å². The molecular formula is C45H61N7O7Si. The number of rotatable bonds is 10. The summed E-state index contributed by atoms with van der Waals surface area (Å²) in [6.07, 6.45) is 4.14. The molecule has 15 heteroatoms. The monoisotopic (exact) mass is 839 g/mol. The van der Waals surface area contributed by atoms with Crippen molar-refractivity contribution in [2.45, 2.75) is 102 Å². The zero-order chi connectivity index (χ0) is 42.5. The number of benzene rings is 2. The summed E-state index contributed by atoms with van der Waals surface area (Å²) in [4.78, 5) is 50.7. The lowest BCUT2D eigenvalue weighted by Crippen LogP contribution is -2.59. The number of ether oxygens (including phenoxy) is 5. The van der Waals surface area contributed by atoms with E-state index in [1.165, 1.54) is 5.56 Å². The second kappa shape index (κ2) is 16.6. The molecule has 0 saturated carbocycles. The van der Waals surface area contributed by atoms with E-state index in [9.17, 15) is 9.59 Å². The van der Waals surface area contributed by atoms with E-state index in [1.54, 1.807) is 12.0 Å². The Morgan fingerprint density at radius 2 is 1.77 bits per heavy atom. The Kier molecular flexibility index (Phi) is 11.6. The molecule has 0 radical (unpaired) electrons. The molecular weight excluding hydrogens is 779 g/mol. The van der Waals surface area contributed by atoms with E-state index in [1.807, 2.05) is 37.9 Å². The van der Waals surface area contributed by atoms with Gasteiger partial charge in [-0.3, -0.25) is 9.88 Å². The Hall–Kier alpha value is -4.73. The lowest BCUT2D eigenvalue weighted by molar-refractivity contribution is 0.0123. The maximum Gasteiger partial charge on any atom is 0.410 e. The van der Waals surface area contributed by atoms with Crippen molar-refractivity contribution in [3.63, 3.8) is 0 Å². The molecule has 3 unspecified atom stereocenters. The number of likely N-dealkylation sites (N-methyl/N-ethyl adjacent to an activating group) is 1. The van der Waals surface area contributed by atoms with Gasteiger partial charge in [0.05, 0.1) is 35.3 Å². The highest BCUT2D eigenvalue weighted by Crippen LogP contribution is 2.49. The van der Waals surface area contributed by atoms with E-state index in [0.717, 1.165) is 69.6 Å². The molecule has 4 aliphatic heterocycles. The summed E-state index contributed by atoms with van der Waals surface area (Å²) in [6, 6.07) is 11.6. The molecule has 2 bridgehead atoms. The van der Waals surface area contributed by atoms with E-state index in [0.29, 0.717) is 45.1 Å². The van der Waals surface area contributed by atoms with E-state index < -0.39 is 13.7 Å². The molecule has 4 fully saturated rings. The van der Waals surface area contributed by atoms with Crippen molar-refractivity contribution in [3.8, 4) is 23.0 Å². The lowest BCUT2D eigenvalue weighted by Gasteiger charge is -2.44. The Bertz CT molecular complexity index is 2260. The molecule has 5 aliphatic rings. The summed E-state index contributed by atoms with van der Waals surface area (Å²) >= 11 is 0. The normalized spacial score (nSPS) is 21.9. The zero-order valence-electron chi connectivity index (χ0n) is 36.7. The van der Waals surface area contributed by atoms with Crippen LogP contribution in [-0.4, -0.2) is 141 Å². The van der Waals surface area contributed by atoms with Crippen molar-refractivity contribution in [2.24, 2.45) is 0 Å². The average molecular weight is 840 g/mol. The first kappa shape index (κ1) is 42.0. The molecule has 0 N–H and O–H groups in total. The zero-order valence-corrected chi connectivity index (χ0v) is 37.7. The van der Waals surface area contributed by atoms with Crippen LogP contribution in [0.25, 0.3) is 32.9 Å². The van der Waals surface area contributed by atoms with Gasteiger partial charge in [0.2, 0.25) is 0 Å². The number of hydrogen-bond donors (Lipinski definition) is 0. The minimum Gasteiger partial charge on any atom is -0.468 e. The maximum atomic E-state index is 13.5. The second-order valence-corrected chi connectivity index (χ2v) is 24.8. The van der Waals surface area contributed by atoms with Crippen LogP contribution in [0.3, 0.4) is 0 Å². The van der Waals surface area contributed by atoms with Crippen LogP contribution in [0.15, 0.2) is 36.5 Å². The fourth-order valence-corrected chi connectivity index (χ4v) is 9.87. The summed E-state index contributed by atoms with van der Waals surface area (Å²) in [5.41, 5.74) is 4.22. The smallest absolute Gasteiger partial charge is 0.410 e. The Labute approximate surface area is 354 Å². The molecule has 2 amide bonds.